The number of amides is 1. The van der Waals surface area contributed by atoms with E-state index in [-0.39, 0.29) is 18.6 Å². The van der Waals surface area contributed by atoms with Crippen LogP contribution in [0.25, 0.3) is 0 Å². The van der Waals surface area contributed by atoms with Gasteiger partial charge in [-0.1, -0.05) is 38.1 Å². The van der Waals surface area contributed by atoms with E-state index in [1.807, 2.05) is 4.90 Å². The molecule has 2 aliphatic heterocycles. The van der Waals surface area contributed by atoms with E-state index in [2.05, 4.69) is 47.9 Å². The van der Waals surface area contributed by atoms with Gasteiger partial charge in [-0.05, 0) is 36.4 Å². The lowest BCUT2D eigenvalue weighted by atomic mass is 10.0. The third kappa shape index (κ3) is 4.84. The van der Waals surface area contributed by atoms with E-state index in [4.69, 9.17) is 0 Å². The number of carbonyl (C=O) groups is 1. The Morgan fingerprint density at radius 2 is 1.81 bits per heavy atom. The fourth-order valence-electron chi connectivity index (χ4n) is 4.01. The molecule has 3 rings (SSSR count). The lowest BCUT2D eigenvalue weighted by molar-refractivity contribution is -0.134. The maximum absolute atomic E-state index is 12.6. The predicted octanol–water partition coefficient (Wildman–Crippen LogP) is 1.91. The summed E-state index contributed by atoms with van der Waals surface area (Å²) in [6.45, 7) is 10.4. The molecule has 1 atom stereocenters. The molecule has 26 heavy (non-hydrogen) atoms. The Labute approximate surface area is 157 Å². The normalized spacial score (nSPS) is 22.3. The number of piperazine rings is 1. The Bertz CT molecular complexity index is 579. The summed E-state index contributed by atoms with van der Waals surface area (Å²) in [5, 5.41) is 9.41. The minimum atomic E-state index is 0.163. The third-order valence-corrected chi connectivity index (χ3v) is 5.83. The van der Waals surface area contributed by atoms with Gasteiger partial charge in [0, 0.05) is 38.8 Å². The first-order valence-electron chi connectivity index (χ1n) is 10.0. The van der Waals surface area contributed by atoms with Crippen LogP contribution in [0.2, 0.25) is 0 Å². The molecule has 144 valence electrons. The van der Waals surface area contributed by atoms with Crippen LogP contribution in [0.3, 0.4) is 0 Å². The molecule has 2 fully saturated rings. The largest absolute Gasteiger partial charge is 0.395 e. The van der Waals surface area contributed by atoms with Gasteiger partial charge in [-0.15, -0.1) is 0 Å². The van der Waals surface area contributed by atoms with Crippen LogP contribution < -0.4 is 0 Å². The number of hydrogen-bond acceptors (Lipinski definition) is 4. The van der Waals surface area contributed by atoms with Gasteiger partial charge < -0.3 is 10.0 Å². The van der Waals surface area contributed by atoms with Gasteiger partial charge in [-0.3, -0.25) is 14.6 Å². The number of aliphatic hydroxyl groups is 1. The molecule has 0 aromatic heterocycles. The Morgan fingerprint density at radius 1 is 1.12 bits per heavy atom. The summed E-state index contributed by atoms with van der Waals surface area (Å²) < 4.78 is 0. The zero-order chi connectivity index (χ0) is 18.5. The van der Waals surface area contributed by atoms with E-state index in [1.54, 1.807) is 0 Å². The summed E-state index contributed by atoms with van der Waals surface area (Å²) in [5.74, 6) is 0.783. The Balaban J connectivity index is 1.44. The number of aliphatic hydroxyl groups excluding tert-OH is 1. The van der Waals surface area contributed by atoms with Crippen molar-refractivity contribution in [3.63, 3.8) is 0 Å². The van der Waals surface area contributed by atoms with Crippen molar-refractivity contribution in [1.29, 1.82) is 0 Å². The van der Waals surface area contributed by atoms with E-state index in [1.165, 1.54) is 11.1 Å². The Morgan fingerprint density at radius 3 is 2.42 bits per heavy atom. The molecular formula is C21H33N3O2. The summed E-state index contributed by atoms with van der Waals surface area (Å²) in [6.07, 6.45) is 2.09. The molecule has 0 aliphatic carbocycles. The Hall–Kier alpha value is -1.43. The first-order chi connectivity index (χ1) is 12.6. The minimum Gasteiger partial charge on any atom is -0.395 e. The third-order valence-electron chi connectivity index (χ3n) is 5.83. The smallest absolute Gasteiger partial charge is 0.236 e. The molecule has 5 heteroatoms. The zero-order valence-electron chi connectivity index (χ0n) is 16.2. The number of nitrogens with zero attached hydrogens (tertiary/aromatic N) is 3. The van der Waals surface area contributed by atoms with Gasteiger partial charge in [0.25, 0.3) is 0 Å². The second kappa shape index (κ2) is 8.98. The number of likely N-dealkylation sites (tertiary alicyclic amines) is 1. The van der Waals surface area contributed by atoms with Crippen LogP contribution in [0.15, 0.2) is 24.3 Å². The summed E-state index contributed by atoms with van der Waals surface area (Å²) in [5.41, 5.74) is 2.73. The molecule has 0 spiro atoms. The highest BCUT2D eigenvalue weighted by molar-refractivity contribution is 5.78. The molecule has 2 aliphatic rings. The van der Waals surface area contributed by atoms with Crippen LogP contribution in [0.1, 0.15) is 43.7 Å². The lowest BCUT2D eigenvalue weighted by Gasteiger charge is -2.36. The highest BCUT2D eigenvalue weighted by Crippen LogP contribution is 2.18. The average Bonchev–Trinajstić information content (AvgIpc) is 3.10. The van der Waals surface area contributed by atoms with Crippen molar-refractivity contribution in [3.8, 4) is 0 Å². The maximum atomic E-state index is 12.6. The summed E-state index contributed by atoms with van der Waals surface area (Å²) in [6, 6.07) is 9.10. The number of carbonyl (C=O) groups excluding carboxylic acids is 1. The molecule has 2 saturated heterocycles. The first kappa shape index (κ1) is 19.3. The molecule has 2 heterocycles. The van der Waals surface area contributed by atoms with Crippen molar-refractivity contribution in [3.05, 3.63) is 35.4 Å². The highest BCUT2D eigenvalue weighted by Gasteiger charge is 2.28. The monoisotopic (exact) mass is 359 g/mol. The average molecular weight is 360 g/mol. The summed E-state index contributed by atoms with van der Waals surface area (Å²) >= 11 is 0. The molecule has 0 bridgehead atoms. The zero-order valence-corrected chi connectivity index (χ0v) is 16.2. The quantitative estimate of drug-likeness (QED) is 0.843. The predicted molar refractivity (Wildman–Crippen MR) is 104 cm³/mol. The van der Waals surface area contributed by atoms with Crippen LogP contribution in [0.5, 0.6) is 0 Å². The summed E-state index contributed by atoms with van der Waals surface area (Å²) in [4.78, 5) is 19.1. The van der Waals surface area contributed by atoms with Crippen molar-refractivity contribution >= 4 is 5.91 Å². The topological polar surface area (TPSA) is 47.0 Å². The van der Waals surface area contributed by atoms with Crippen molar-refractivity contribution < 1.29 is 9.90 Å². The molecule has 0 radical (unpaired) electrons. The molecule has 1 N–H and O–H groups in total. The van der Waals surface area contributed by atoms with Crippen LogP contribution in [-0.4, -0.2) is 77.6 Å². The van der Waals surface area contributed by atoms with Gasteiger partial charge in [-0.2, -0.15) is 0 Å². The van der Waals surface area contributed by atoms with Gasteiger partial charge >= 0.3 is 0 Å². The summed E-state index contributed by atoms with van der Waals surface area (Å²) in [7, 11) is 0. The van der Waals surface area contributed by atoms with E-state index in [0.29, 0.717) is 12.5 Å². The van der Waals surface area contributed by atoms with Gasteiger partial charge in [0.1, 0.15) is 0 Å². The van der Waals surface area contributed by atoms with E-state index in [9.17, 15) is 9.90 Å². The number of hydrogen-bond donors (Lipinski definition) is 1. The van der Waals surface area contributed by atoms with Gasteiger partial charge in [0.2, 0.25) is 5.91 Å². The van der Waals surface area contributed by atoms with Gasteiger partial charge in [0.05, 0.1) is 13.2 Å². The van der Waals surface area contributed by atoms with Crippen LogP contribution in [0, 0.1) is 0 Å². The van der Waals surface area contributed by atoms with E-state index in [0.717, 1.165) is 52.1 Å². The van der Waals surface area contributed by atoms with Gasteiger partial charge in [0.15, 0.2) is 0 Å². The second-order valence-corrected chi connectivity index (χ2v) is 8.00. The SMILES string of the molecule is CC(C)c1ccc(CN2CCN(C(=O)CN3CCC[C@@H]3CO)CC2)cc1. The number of benzene rings is 1. The molecule has 1 amide bonds. The van der Waals surface area contributed by atoms with Crippen molar-refractivity contribution in [2.75, 3.05) is 45.9 Å². The van der Waals surface area contributed by atoms with Gasteiger partial charge in [-0.25, -0.2) is 0 Å². The standard InChI is InChI=1S/C21H33N3O2/c1-17(2)19-7-5-18(6-8-19)14-22-10-12-23(13-11-22)21(26)15-24-9-3-4-20(24)16-25/h5-8,17,20,25H,3-4,9-16H2,1-2H3/t20-/m1/s1. The van der Waals surface area contributed by atoms with Crippen molar-refractivity contribution in [2.24, 2.45) is 0 Å². The molecule has 0 unspecified atom stereocenters. The molecule has 1 aromatic rings. The number of rotatable bonds is 6. The van der Waals surface area contributed by atoms with Crippen LogP contribution >= 0.6 is 0 Å². The Kier molecular flexibility index (Phi) is 6.68. The molecule has 0 saturated carbocycles. The lowest BCUT2D eigenvalue weighted by Crippen LogP contribution is -2.51. The van der Waals surface area contributed by atoms with Crippen molar-refractivity contribution in [1.82, 2.24) is 14.7 Å². The fourth-order valence-corrected chi connectivity index (χ4v) is 4.01. The highest BCUT2D eigenvalue weighted by atomic mass is 16.3. The minimum absolute atomic E-state index is 0.163. The second-order valence-electron chi connectivity index (χ2n) is 8.00. The fraction of sp³-hybridized carbons (Fsp3) is 0.667. The van der Waals surface area contributed by atoms with Crippen LogP contribution in [-0.2, 0) is 11.3 Å². The maximum Gasteiger partial charge on any atom is 0.236 e. The molecule has 5 nitrogen and oxygen atoms in total. The van der Waals surface area contributed by atoms with Crippen LogP contribution in [0.4, 0.5) is 0 Å². The van der Waals surface area contributed by atoms with Crippen molar-refractivity contribution in [2.45, 2.75) is 45.2 Å². The molecule has 1 aromatic carbocycles. The molecular weight excluding hydrogens is 326 g/mol. The van der Waals surface area contributed by atoms with E-state index < -0.39 is 0 Å². The first-order valence-corrected chi connectivity index (χ1v) is 10.0. The van der Waals surface area contributed by atoms with E-state index >= 15 is 0 Å².